The topological polar surface area (TPSA) is 29.1 Å². The lowest BCUT2D eigenvalue weighted by atomic mass is 10.1. The van der Waals surface area contributed by atoms with Gasteiger partial charge >= 0.3 is 0 Å². The lowest BCUT2D eigenvalue weighted by Crippen LogP contribution is -2.11. The van der Waals surface area contributed by atoms with Crippen molar-refractivity contribution in [2.75, 3.05) is 5.32 Å². The van der Waals surface area contributed by atoms with E-state index >= 15 is 0 Å². The van der Waals surface area contributed by atoms with Crippen LogP contribution in [0.1, 0.15) is 15.9 Å². The summed E-state index contributed by atoms with van der Waals surface area (Å²) in [4.78, 5) is 12.1. The number of hydrogen-bond acceptors (Lipinski definition) is 1. The maximum absolute atomic E-state index is 12.1. The summed E-state index contributed by atoms with van der Waals surface area (Å²) in [5, 5.41) is 5.24. The van der Waals surface area contributed by atoms with Crippen molar-refractivity contribution in [1.82, 2.24) is 0 Å². The molecule has 3 rings (SSSR count). The van der Waals surface area contributed by atoms with Gasteiger partial charge in [0.05, 0.1) is 0 Å². The molecular formula is C18H15NO. The second-order valence-electron chi connectivity index (χ2n) is 4.89. The number of nitrogens with one attached hydrogen (secondary N) is 1. The van der Waals surface area contributed by atoms with E-state index in [1.54, 1.807) is 12.1 Å². The molecule has 0 aromatic heterocycles. The Kier molecular flexibility index (Phi) is 3.21. The molecule has 2 nitrogen and oxygen atoms in total. The number of rotatable bonds is 2. The molecule has 2 heteroatoms. The Morgan fingerprint density at radius 2 is 1.55 bits per heavy atom. The standard InChI is InChI=1S/C18H15NO/c1-13-7-8-16-12-17(10-9-15(16)11-13)19-18(20)14-5-3-2-4-6-14/h2-12H,1H3,(H,19,20). The first-order valence-corrected chi connectivity index (χ1v) is 6.59. The van der Waals surface area contributed by atoms with E-state index in [1.165, 1.54) is 10.9 Å². The number of fused-ring (bicyclic) bond motifs is 1. The Hall–Kier alpha value is -2.61. The Balaban J connectivity index is 1.88. The van der Waals surface area contributed by atoms with E-state index in [-0.39, 0.29) is 5.91 Å². The van der Waals surface area contributed by atoms with E-state index in [0.29, 0.717) is 5.56 Å². The Morgan fingerprint density at radius 3 is 2.35 bits per heavy atom. The predicted octanol–water partition coefficient (Wildman–Crippen LogP) is 4.40. The lowest BCUT2D eigenvalue weighted by molar-refractivity contribution is 0.102. The summed E-state index contributed by atoms with van der Waals surface area (Å²) in [6.45, 7) is 2.07. The molecule has 0 atom stereocenters. The van der Waals surface area contributed by atoms with Gasteiger partial charge in [-0.05, 0) is 42.0 Å². The molecule has 3 aromatic rings. The maximum Gasteiger partial charge on any atom is 0.255 e. The highest BCUT2D eigenvalue weighted by atomic mass is 16.1. The quantitative estimate of drug-likeness (QED) is 0.727. The Bertz CT molecular complexity index is 763. The number of aryl methyl sites for hydroxylation is 1. The third-order valence-corrected chi connectivity index (χ3v) is 3.29. The second kappa shape index (κ2) is 5.17. The molecule has 0 saturated heterocycles. The van der Waals surface area contributed by atoms with Crippen molar-refractivity contribution in [1.29, 1.82) is 0 Å². The smallest absolute Gasteiger partial charge is 0.255 e. The summed E-state index contributed by atoms with van der Waals surface area (Å²) in [5.41, 5.74) is 2.71. The number of carbonyl (C=O) groups is 1. The molecule has 3 aromatic carbocycles. The molecule has 98 valence electrons. The van der Waals surface area contributed by atoms with Crippen LogP contribution >= 0.6 is 0 Å². The van der Waals surface area contributed by atoms with Crippen LogP contribution in [0.3, 0.4) is 0 Å². The van der Waals surface area contributed by atoms with Crippen LogP contribution < -0.4 is 5.32 Å². The van der Waals surface area contributed by atoms with Crippen molar-refractivity contribution >= 4 is 22.4 Å². The fourth-order valence-corrected chi connectivity index (χ4v) is 2.24. The van der Waals surface area contributed by atoms with Gasteiger partial charge in [0, 0.05) is 11.3 Å². The monoisotopic (exact) mass is 261 g/mol. The van der Waals surface area contributed by atoms with Gasteiger partial charge in [-0.25, -0.2) is 0 Å². The highest BCUT2D eigenvalue weighted by molar-refractivity contribution is 6.05. The van der Waals surface area contributed by atoms with Crippen LogP contribution in [0.2, 0.25) is 0 Å². The van der Waals surface area contributed by atoms with E-state index in [1.807, 2.05) is 36.4 Å². The molecule has 0 aliphatic heterocycles. The van der Waals surface area contributed by atoms with Crippen molar-refractivity contribution < 1.29 is 4.79 Å². The summed E-state index contributed by atoms with van der Waals surface area (Å²) < 4.78 is 0. The third kappa shape index (κ3) is 2.54. The zero-order valence-electron chi connectivity index (χ0n) is 11.3. The molecule has 0 aliphatic rings. The van der Waals surface area contributed by atoms with Crippen LogP contribution in [0.5, 0.6) is 0 Å². The minimum atomic E-state index is -0.0861. The molecule has 0 saturated carbocycles. The molecule has 0 unspecified atom stereocenters. The highest BCUT2D eigenvalue weighted by Crippen LogP contribution is 2.20. The number of hydrogen-bond donors (Lipinski definition) is 1. The molecule has 0 aliphatic carbocycles. The van der Waals surface area contributed by atoms with Gasteiger partial charge in [0.15, 0.2) is 0 Å². The largest absolute Gasteiger partial charge is 0.322 e. The van der Waals surface area contributed by atoms with Gasteiger partial charge in [-0.1, -0.05) is 48.0 Å². The SMILES string of the molecule is Cc1ccc2cc(NC(=O)c3ccccc3)ccc2c1. The van der Waals surface area contributed by atoms with Gasteiger partial charge < -0.3 is 5.32 Å². The van der Waals surface area contributed by atoms with Crippen molar-refractivity contribution in [2.45, 2.75) is 6.92 Å². The summed E-state index contributed by atoms with van der Waals surface area (Å²) in [5.74, 6) is -0.0861. The molecule has 0 radical (unpaired) electrons. The fraction of sp³-hybridized carbons (Fsp3) is 0.0556. The van der Waals surface area contributed by atoms with Crippen molar-refractivity contribution in [3.05, 3.63) is 77.9 Å². The third-order valence-electron chi connectivity index (χ3n) is 3.29. The van der Waals surface area contributed by atoms with Gasteiger partial charge in [0.1, 0.15) is 0 Å². The zero-order chi connectivity index (χ0) is 13.9. The number of amides is 1. The molecule has 0 bridgehead atoms. The van der Waals surface area contributed by atoms with E-state index in [0.717, 1.165) is 11.1 Å². The van der Waals surface area contributed by atoms with Crippen LogP contribution in [0, 0.1) is 6.92 Å². The predicted molar refractivity (Wildman–Crippen MR) is 83.1 cm³/mol. The lowest BCUT2D eigenvalue weighted by Gasteiger charge is -2.07. The minimum Gasteiger partial charge on any atom is -0.322 e. The summed E-state index contributed by atoms with van der Waals surface area (Å²) in [6.07, 6.45) is 0. The summed E-state index contributed by atoms with van der Waals surface area (Å²) in [7, 11) is 0. The molecular weight excluding hydrogens is 246 g/mol. The molecule has 0 fully saturated rings. The van der Waals surface area contributed by atoms with Gasteiger partial charge in [-0.15, -0.1) is 0 Å². The molecule has 0 heterocycles. The van der Waals surface area contributed by atoms with Crippen LogP contribution in [-0.4, -0.2) is 5.91 Å². The number of benzene rings is 3. The van der Waals surface area contributed by atoms with Crippen LogP contribution in [0.25, 0.3) is 10.8 Å². The second-order valence-corrected chi connectivity index (χ2v) is 4.89. The van der Waals surface area contributed by atoms with E-state index < -0.39 is 0 Å². The first kappa shape index (κ1) is 12.4. The summed E-state index contributed by atoms with van der Waals surface area (Å²) >= 11 is 0. The molecule has 0 spiro atoms. The fourth-order valence-electron chi connectivity index (χ4n) is 2.24. The van der Waals surface area contributed by atoms with Crippen LogP contribution in [0.4, 0.5) is 5.69 Å². The number of carbonyl (C=O) groups excluding carboxylic acids is 1. The van der Waals surface area contributed by atoms with E-state index in [4.69, 9.17) is 0 Å². The van der Waals surface area contributed by atoms with Gasteiger partial charge in [0.2, 0.25) is 0 Å². The average molecular weight is 261 g/mol. The number of anilines is 1. The van der Waals surface area contributed by atoms with Crippen LogP contribution in [0.15, 0.2) is 66.7 Å². The molecule has 20 heavy (non-hydrogen) atoms. The molecule has 1 N–H and O–H groups in total. The Labute approximate surface area is 118 Å². The first-order chi connectivity index (χ1) is 9.72. The van der Waals surface area contributed by atoms with Crippen molar-refractivity contribution in [2.24, 2.45) is 0 Å². The van der Waals surface area contributed by atoms with E-state index in [9.17, 15) is 4.79 Å². The van der Waals surface area contributed by atoms with Crippen LogP contribution in [-0.2, 0) is 0 Å². The van der Waals surface area contributed by atoms with Gasteiger partial charge in [-0.2, -0.15) is 0 Å². The first-order valence-electron chi connectivity index (χ1n) is 6.59. The van der Waals surface area contributed by atoms with Crippen molar-refractivity contribution in [3.8, 4) is 0 Å². The molecule has 1 amide bonds. The van der Waals surface area contributed by atoms with E-state index in [2.05, 4.69) is 30.4 Å². The van der Waals surface area contributed by atoms with Gasteiger partial charge in [-0.3, -0.25) is 4.79 Å². The zero-order valence-corrected chi connectivity index (χ0v) is 11.3. The Morgan fingerprint density at radius 1 is 0.850 bits per heavy atom. The summed E-state index contributed by atoms with van der Waals surface area (Å²) in [6, 6.07) is 21.5. The minimum absolute atomic E-state index is 0.0861. The van der Waals surface area contributed by atoms with Gasteiger partial charge in [0.25, 0.3) is 5.91 Å². The maximum atomic E-state index is 12.1. The van der Waals surface area contributed by atoms with Crippen molar-refractivity contribution in [3.63, 3.8) is 0 Å². The highest BCUT2D eigenvalue weighted by Gasteiger charge is 2.05. The normalized spacial score (nSPS) is 10.4. The average Bonchev–Trinajstić information content (AvgIpc) is 2.48.